The number of aliphatic hydroxyl groups is 1. The van der Waals surface area contributed by atoms with Gasteiger partial charge >= 0.3 is 0 Å². The number of aromatic nitrogens is 3. The second-order valence-corrected chi connectivity index (χ2v) is 8.24. The molecular formula is C26H25N5O4. The van der Waals surface area contributed by atoms with Gasteiger partial charge in [-0.05, 0) is 37.1 Å². The molecule has 0 fully saturated rings. The molecular weight excluding hydrogens is 446 g/mol. The number of amides is 1. The van der Waals surface area contributed by atoms with E-state index in [1.807, 2.05) is 55.5 Å². The van der Waals surface area contributed by atoms with Gasteiger partial charge in [0.15, 0.2) is 11.5 Å². The Bertz CT molecular complexity index is 1340. The van der Waals surface area contributed by atoms with E-state index in [1.165, 1.54) is 0 Å². The van der Waals surface area contributed by atoms with Crippen molar-refractivity contribution in [1.82, 2.24) is 19.9 Å². The highest BCUT2D eigenvalue weighted by Gasteiger charge is 2.17. The molecule has 0 spiro atoms. The van der Waals surface area contributed by atoms with E-state index in [0.717, 1.165) is 16.8 Å². The number of nitrogens with zero attached hydrogens (tertiary/aromatic N) is 3. The lowest BCUT2D eigenvalue weighted by Crippen LogP contribution is -2.39. The van der Waals surface area contributed by atoms with Crippen LogP contribution in [-0.2, 0) is 6.42 Å². The van der Waals surface area contributed by atoms with Gasteiger partial charge in [-0.3, -0.25) is 4.79 Å². The molecule has 1 unspecified atom stereocenters. The molecule has 0 radical (unpaired) electrons. The van der Waals surface area contributed by atoms with Gasteiger partial charge in [-0.2, -0.15) is 4.98 Å². The molecule has 9 heteroatoms. The number of aryl methyl sites for hydroxylation is 1. The molecule has 2 aromatic heterocycles. The Kier molecular flexibility index (Phi) is 6.32. The molecule has 5 rings (SSSR count). The lowest BCUT2D eigenvalue weighted by molar-refractivity contribution is 0.0916. The Balaban J connectivity index is 1.30. The van der Waals surface area contributed by atoms with Crippen molar-refractivity contribution in [2.45, 2.75) is 19.4 Å². The minimum absolute atomic E-state index is 0.152. The highest BCUT2D eigenvalue weighted by atomic mass is 16.7. The van der Waals surface area contributed by atoms with Gasteiger partial charge in [0.05, 0.1) is 18.2 Å². The summed E-state index contributed by atoms with van der Waals surface area (Å²) in [7, 11) is 0. The van der Waals surface area contributed by atoms with E-state index in [1.54, 1.807) is 29.2 Å². The number of aliphatic hydroxyl groups excluding tert-OH is 1. The Morgan fingerprint density at radius 2 is 1.97 bits per heavy atom. The van der Waals surface area contributed by atoms with Crippen molar-refractivity contribution in [1.29, 1.82) is 0 Å². The SMILES string of the molecule is Cc1cnc(Nc2ccc3c(c2)OCO3)nc1-n1ccc(C(=O)NC(CO)Cc2ccccc2)c1. The zero-order valence-corrected chi connectivity index (χ0v) is 19.1. The predicted octanol–water partition coefficient (Wildman–Crippen LogP) is 3.38. The smallest absolute Gasteiger partial charge is 0.253 e. The van der Waals surface area contributed by atoms with Crippen molar-refractivity contribution in [3.63, 3.8) is 0 Å². The standard InChI is InChI=1S/C26H25N5O4/c1-17-13-27-26(29-20-7-8-22-23(12-20)35-16-34-22)30-24(17)31-10-9-19(14-31)25(33)28-21(15-32)11-18-5-3-2-4-6-18/h2-10,12-14,21,32H,11,15-16H2,1H3,(H,28,33)(H,27,29,30). The monoisotopic (exact) mass is 471 g/mol. The molecule has 2 aromatic carbocycles. The zero-order valence-electron chi connectivity index (χ0n) is 19.1. The van der Waals surface area contributed by atoms with E-state index < -0.39 is 0 Å². The molecule has 0 saturated carbocycles. The van der Waals surface area contributed by atoms with Gasteiger partial charge in [-0.25, -0.2) is 4.98 Å². The average Bonchev–Trinajstić information content (AvgIpc) is 3.55. The van der Waals surface area contributed by atoms with Crippen LogP contribution in [0.1, 0.15) is 21.5 Å². The number of nitrogens with one attached hydrogen (secondary N) is 2. The van der Waals surface area contributed by atoms with Crippen LogP contribution in [0.2, 0.25) is 0 Å². The number of fused-ring (bicyclic) bond motifs is 1. The Morgan fingerprint density at radius 1 is 1.14 bits per heavy atom. The first-order valence-electron chi connectivity index (χ1n) is 11.2. The van der Waals surface area contributed by atoms with Crippen molar-refractivity contribution in [3.8, 4) is 17.3 Å². The summed E-state index contributed by atoms with van der Waals surface area (Å²) in [5, 5.41) is 15.8. The topological polar surface area (TPSA) is 111 Å². The van der Waals surface area contributed by atoms with Crippen LogP contribution in [0.3, 0.4) is 0 Å². The molecule has 1 amide bonds. The number of hydrogen-bond donors (Lipinski definition) is 3. The highest BCUT2D eigenvalue weighted by Crippen LogP contribution is 2.34. The molecule has 0 bridgehead atoms. The lowest BCUT2D eigenvalue weighted by Gasteiger charge is -2.16. The van der Waals surface area contributed by atoms with Gasteiger partial charge in [0.25, 0.3) is 5.91 Å². The minimum Gasteiger partial charge on any atom is -0.454 e. The van der Waals surface area contributed by atoms with E-state index in [4.69, 9.17) is 9.47 Å². The third-order valence-corrected chi connectivity index (χ3v) is 5.65. The molecule has 0 aliphatic carbocycles. The third-order valence-electron chi connectivity index (χ3n) is 5.65. The summed E-state index contributed by atoms with van der Waals surface area (Å²) in [6, 6.07) is 16.6. The quantitative estimate of drug-likeness (QED) is 0.361. The van der Waals surface area contributed by atoms with Crippen molar-refractivity contribution in [3.05, 3.63) is 89.9 Å². The maximum absolute atomic E-state index is 12.8. The van der Waals surface area contributed by atoms with Crippen LogP contribution < -0.4 is 20.1 Å². The molecule has 9 nitrogen and oxygen atoms in total. The third kappa shape index (κ3) is 5.10. The van der Waals surface area contributed by atoms with E-state index in [0.29, 0.717) is 35.2 Å². The van der Waals surface area contributed by atoms with Crippen LogP contribution in [0.25, 0.3) is 5.82 Å². The minimum atomic E-state index is -0.383. The number of rotatable bonds is 8. The first kappa shape index (κ1) is 22.4. The Morgan fingerprint density at radius 3 is 2.80 bits per heavy atom. The second kappa shape index (κ2) is 9.86. The van der Waals surface area contributed by atoms with Crippen molar-refractivity contribution >= 4 is 17.5 Å². The summed E-state index contributed by atoms with van der Waals surface area (Å²) in [6.07, 6.45) is 5.76. The first-order valence-corrected chi connectivity index (χ1v) is 11.2. The molecule has 1 aliphatic rings. The number of carbonyl (C=O) groups is 1. The number of hydrogen-bond acceptors (Lipinski definition) is 7. The Hall–Kier alpha value is -4.37. The van der Waals surface area contributed by atoms with Crippen molar-refractivity contribution in [2.24, 2.45) is 0 Å². The maximum Gasteiger partial charge on any atom is 0.253 e. The normalized spacial score (nSPS) is 12.9. The Labute approximate surface area is 202 Å². The molecule has 0 saturated heterocycles. The average molecular weight is 472 g/mol. The summed E-state index contributed by atoms with van der Waals surface area (Å²) in [5.74, 6) is 2.16. The fourth-order valence-corrected chi connectivity index (χ4v) is 3.85. The van der Waals surface area contributed by atoms with Crippen molar-refractivity contribution < 1.29 is 19.4 Å². The van der Waals surface area contributed by atoms with E-state index in [-0.39, 0.29) is 25.3 Å². The summed E-state index contributed by atoms with van der Waals surface area (Å²) in [6.45, 7) is 1.96. The van der Waals surface area contributed by atoms with Gasteiger partial charge in [0.1, 0.15) is 5.82 Å². The molecule has 3 N–H and O–H groups in total. The summed E-state index contributed by atoms with van der Waals surface area (Å²) >= 11 is 0. The largest absolute Gasteiger partial charge is 0.454 e. The van der Waals surface area contributed by atoms with Crippen LogP contribution in [0.4, 0.5) is 11.6 Å². The number of anilines is 2. The molecule has 3 heterocycles. The number of carbonyl (C=O) groups excluding carboxylic acids is 1. The van der Waals surface area contributed by atoms with E-state index in [9.17, 15) is 9.90 Å². The van der Waals surface area contributed by atoms with Gasteiger partial charge in [-0.15, -0.1) is 0 Å². The van der Waals surface area contributed by atoms with Gasteiger partial charge in [0, 0.05) is 35.9 Å². The summed E-state index contributed by atoms with van der Waals surface area (Å²) < 4.78 is 12.5. The molecule has 1 aliphatic heterocycles. The van der Waals surface area contributed by atoms with Crippen LogP contribution in [-0.4, -0.2) is 45.0 Å². The van der Waals surface area contributed by atoms with E-state index in [2.05, 4.69) is 20.6 Å². The number of benzene rings is 2. The zero-order chi connectivity index (χ0) is 24.2. The first-order chi connectivity index (χ1) is 17.1. The number of ether oxygens (including phenoxy) is 2. The fourth-order valence-electron chi connectivity index (χ4n) is 3.85. The lowest BCUT2D eigenvalue weighted by atomic mass is 10.1. The van der Waals surface area contributed by atoms with Gasteiger partial charge < -0.3 is 29.8 Å². The fraction of sp³-hybridized carbons (Fsp3) is 0.192. The molecule has 35 heavy (non-hydrogen) atoms. The maximum atomic E-state index is 12.8. The van der Waals surface area contributed by atoms with Crippen LogP contribution in [0.5, 0.6) is 11.5 Å². The molecule has 178 valence electrons. The predicted molar refractivity (Wildman–Crippen MR) is 130 cm³/mol. The molecule has 4 aromatic rings. The van der Waals surface area contributed by atoms with Gasteiger partial charge in [0.2, 0.25) is 12.7 Å². The van der Waals surface area contributed by atoms with Gasteiger partial charge in [-0.1, -0.05) is 30.3 Å². The summed E-state index contributed by atoms with van der Waals surface area (Å²) in [5.41, 5.74) is 3.13. The van der Waals surface area contributed by atoms with Crippen molar-refractivity contribution in [2.75, 3.05) is 18.7 Å². The highest BCUT2D eigenvalue weighted by molar-refractivity contribution is 5.94. The van der Waals surface area contributed by atoms with Crippen LogP contribution in [0, 0.1) is 6.92 Å². The van der Waals surface area contributed by atoms with Crippen LogP contribution in [0.15, 0.2) is 73.2 Å². The second-order valence-electron chi connectivity index (χ2n) is 8.24. The summed E-state index contributed by atoms with van der Waals surface area (Å²) in [4.78, 5) is 21.8. The van der Waals surface area contributed by atoms with E-state index >= 15 is 0 Å². The van der Waals surface area contributed by atoms with Crippen LogP contribution >= 0.6 is 0 Å². The molecule has 1 atom stereocenters.